The van der Waals surface area contributed by atoms with Crippen LogP contribution >= 0.6 is 0 Å². The molecule has 1 saturated carbocycles. The highest BCUT2D eigenvalue weighted by Crippen LogP contribution is 2.37. The largest absolute Gasteiger partial charge is 0.328 e. The van der Waals surface area contributed by atoms with Crippen LogP contribution in [0.3, 0.4) is 0 Å². The van der Waals surface area contributed by atoms with Gasteiger partial charge in [-0.1, -0.05) is 0 Å². The molecule has 1 heterocycles. The molecular formula is C8H16N2. The van der Waals surface area contributed by atoms with E-state index in [1.165, 1.54) is 32.1 Å². The van der Waals surface area contributed by atoms with Crippen molar-refractivity contribution in [3.8, 4) is 0 Å². The molecule has 1 atom stereocenters. The maximum atomic E-state index is 5.88. The van der Waals surface area contributed by atoms with E-state index in [9.17, 15) is 0 Å². The normalized spacial score (nSPS) is 37.5. The molecule has 10 heavy (non-hydrogen) atoms. The molecule has 1 saturated heterocycles. The van der Waals surface area contributed by atoms with Crippen LogP contribution in [0.5, 0.6) is 0 Å². The van der Waals surface area contributed by atoms with Gasteiger partial charge in [0.1, 0.15) is 0 Å². The molecule has 2 nitrogen and oxygen atoms in total. The Morgan fingerprint density at radius 3 is 2.60 bits per heavy atom. The van der Waals surface area contributed by atoms with Gasteiger partial charge in [0.2, 0.25) is 0 Å². The summed E-state index contributed by atoms with van der Waals surface area (Å²) in [4.78, 5) is 0. The lowest BCUT2D eigenvalue weighted by atomic mass is 9.70. The van der Waals surface area contributed by atoms with Crippen LogP contribution in [0.25, 0.3) is 0 Å². The predicted molar refractivity (Wildman–Crippen MR) is 41.8 cm³/mol. The lowest BCUT2D eigenvalue weighted by molar-refractivity contribution is 0.130. The molecule has 0 aromatic heterocycles. The first-order chi connectivity index (χ1) is 4.81. The van der Waals surface area contributed by atoms with E-state index in [4.69, 9.17) is 5.73 Å². The summed E-state index contributed by atoms with van der Waals surface area (Å²) in [7, 11) is 0. The molecule has 3 N–H and O–H groups in total. The maximum absolute atomic E-state index is 5.88. The zero-order chi connectivity index (χ0) is 7.03. The van der Waals surface area contributed by atoms with Crippen molar-refractivity contribution in [1.82, 2.24) is 5.32 Å². The monoisotopic (exact) mass is 140 g/mol. The van der Waals surface area contributed by atoms with E-state index in [1.54, 1.807) is 0 Å². The minimum Gasteiger partial charge on any atom is -0.328 e. The van der Waals surface area contributed by atoms with E-state index in [2.05, 4.69) is 5.32 Å². The first-order valence-corrected chi connectivity index (χ1v) is 4.31. The van der Waals surface area contributed by atoms with Crippen LogP contribution in [0.2, 0.25) is 0 Å². The third-order valence-electron chi connectivity index (χ3n) is 2.98. The van der Waals surface area contributed by atoms with Crippen molar-refractivity contribution in [1.29, 1.82) is 0 Å². The molecule has 2 aliphatic rings. The van der Waals surface area contributed by atoms with Gasteiger partial charge in [0, 0.05) is 11.6 Å². The van der Waals surface area contributed by atoms with Gasteiger partial charge < -0.3 is 11.1 Å². The van der Waals surface area contributed by atoms with Gasteiger partial charge in [0.25, 0.3) is 0 Å². The van der Waals surface area contributed by atoms with Crippen LogP contribution in [-0.2, 0) is 0 Å². The molecule has 1 aliphatic heterocycles. The number of rotatable bonds is 0. The summed E-state index contributed by atoms with van der Waals surface area (Å²) in [5, 5.41) is 3.58. The summed E-state index contributed by atoms with van der Waals surface area (Å²) in [5.41, 5.74) is 6.38. The second kappa shape index (κ2) is 2.21. The standard InChI is InChI=1S/C8H16N2/c9-7-2-5-10-8(6-7)3-1-4-8/h7,10H,1-6,9H2/t7-/m0/s1. The van der Waals surface area contributed by atoms with Gasteiger partial charge in [-0.05, 0) is 38.6 Å². The van der Waals surface area contributed by atoms with Crippen LogP contribution in [0.4, 0.5) is 0 Å². The number of hydrogen-bond acceptors (Lipinski definition) is 2. The first-order valence-electron chi connectivity index (χ1n) is 4.31. The summed E-state index contributed by atoms with van der Waals surface area (Å²) in [6, 6.07) is 0.474. The van der Waals surface area contributed by atoms with Crippen molar-refractivity contribution in [3.05, 3.63) is 0 Å². The van der Waals surface area contributed by atoms with Crippen LogP contribution in [0, 0.1) is 0 Å². The average Bonchev–Trinajstić information content (AvgIpc) is 1.85. The molecular weight excluding hydrogens is 124 g/mol. The Kier molecular flexibility index (Phi) is 1.46. The van der Waals surface area contributed by atoms with Crippen molar-refractivity contribution in [3.63, 3.8) is 0 Å². The van der Waals surface area contributed by atoms with Gasteiger partial charge >= 0.3 is 0 Å². The van der Waals surface area contributed by atoms with Crippen molar-refractivity contribution in [2.75, 3.05) is 6.54 Å². The van der Waals surface area contributed by atoms with Gasteiger partial charge in [-0.25, -0.2) is 0 Å². The van der Waals surface area contributed by atoms with E-state index < -0.39 is 0 Å². The molecule has 0 aromatic rings. The lowest BCUT2D eigenvalue weighted by Gasteiger charge is -2.47. The Bertz CT molecular complexity index is 129. The summed E-state index contributed by atoms with van der Waals surface area (Å²) in [5.74, 6) is 0. The predicted octanol–water partition coefficient (Wildman–Crippen LogP) is 0.620. The minimum absolute atomic E-state index is 0.474. The molecule has 1 aliphatic carbocycles. The Hall–Kier alpha value is -0.0800. The molecule has 0 bridgehead atoms. The highest BCUT2D eigenvalue weighted by Gasteiger charge is 2.39. The van der Waals surface area contributed by atoms with Crippen molar-refractivity contribution in [2.24, 2.45) is 5.73 Å². The summed E-state index contributed by atoms with van der Waals surface area (Å²) >= 11 is 0. The topological polar surface area (TPSA) is 38.0 Å². The summed E-state index contributed by atoms with van der Waals surface area (Å²) in [6.45, 7) is 1.14. The molecule has 2 heteroatoms. The average molecular weight is 140 g/mol. The molecule has 0 aromatic carbocycles. The Labute approximate surface area is 62.2 Å². The fourth-order valence-electron chi connectivity index (χ4n) is 2.18. The van der Waals surface area contributed by atoms with Crippen molar-refractivity contribution >= 4 is 0 Å². The SMILES string of the molecule is N[C@H]1CCNC2(CCC2)C1. The Balaban J connectivity index is 1.96. The highest BCUT2D eigenvalue weighted by atomic mass is 15.0. The molecule has 58 valence electrons. The van der Waals surface area contributed by atoms with Crippen molar-refractivity contribution < 1.29 is 0 Å². The second-order valence-corrected chi connectivity index (χ2v) is 3.81. The Morgan fingerprint density at radius 1 is 1.40 bits per heavy atom. The summed E-state index contributed by atoms with van der Waals surface area (Å²) < 4.78 is 0. The molecule has 1 spiro atoms. The minimum atomic E-state index is 0.474. The van der Waals surface area contributed by atoms with E-state index in [0.29, 0.717) is 11.6 Å². The highest BCUT2D eigenvalue weighted by molar-refractivity contribution is 5.00. The molecule has 2 rings (SSSR count). The zero-order valence-electron chi connectivity index (χ0n) is 6.40. The fraction of sp³-hybridized carbons (Fsp3) is 1.00. The maximum Gasteiger partial charge on any atom is 0.0196 e. The number of nitrogens with one attached hydrogen (secondary N) is 1. The Morgan fingerprint density at radius 2 is 2.20 bits per heavy atom. The fourth-order valence-corrected chi connectivity index (χ4v) is 2.18. The number of hydrogen-bond donors (Lipinski definition) is 2. The second-order valence-electron chi connectivity index (χ2n) is 3.81. The zero-order valence-corrected chi connectivity index (χ0v) is 6.40. The number of nitrogens with two attached hydrogens (primary N) is 1. The van der Waals surface area contributed by atoms with Crippen LogP contribution < -0.4 is 11.1 Å². The van der Waals surface area contributed by atoms with Gasteiger partial charge in [0.15, 0.2) is 0 Å². The van der Waals surface area contributed by atoms with Crippen LogP contribution in [0.1, 0.15) is 32.1 Å². The molecule has 0 amide bonds. The van der Waals surface area contributed by atoms with Gasteiger partial charge in [0.05, 0.1) is 0 Å². The third-order valence-corrected chi connectivity index (χ3v) is 2.98. The van der Waals surface area contributed by atoms with E-state index in [1.807, 2.05) is 0 Å². The van der Waals surface area contributed by atoms with Gasteiger partial charge in [-0.2, -0.15) is 0 Å². The van der Waals surface area contributed by atoms with Crippen molar-refractivity contribution in [2.45, 2.75) is 43.7 Å². The van der Waals surface area contributed by atoms with Crippen LogP contribution in [0.15, 0.2) is 0 Å². The first kappa shape index (κ1) is 6.62. The quantitative estimate of drug-likeness (QED) is 0.517. The molecule has 2 fully saturated rings. The van der Waals surface area contributed by atoms with Gasteiger partial charge in [-0.3, -0.25) is 0 Å². The summed E-state index contributed by atoms with van der Waals surface area (Å²) in [6.07, 6.45) is 6.51. The smallest absolute Gasteiger partial charge is 0.0196 e. The molecule has 0 unspecified atom stereocenters. The van der Waals surface area contributed by atoms with E-state index in [-0.39, 0.29) is 0 Å². The lowest BCUT2D eigenvalue weighted by Crippen LogP contribution is -2.58. The number of piperidine rings is 1. The van der Waals surface area contributed by atoms with Crippen LogP contribution in [-0.4, -0.2) is 18.1 Å². The molecule has 0 radical (unpaired) electrons. The third kappa shape index (κ3) is 0.956. The van der Waals surface area contributed by atoms with Gasteiger partial charge in [-0.15, -0.1) is 0 Å². The van der Waals surface area contributed by atoms with E-state index >= 15 is 0 Å². The van der Waals surface area contributed by atoms with E-state index in [0.717, 1.165) is 6.54 Å².